The van der Waals surface area contributed by atoms with Crippen molar-refractivity contribution in [2.45, 2.75) is 0 Å². The number of aromatic nitrogens is 3. The van der Waals surface area contributed by atoms with Crippen LogP contribution in [0.15, 0.2) is 0 Å². The summed E-state index contributed by atoms with van der Waals surface area (Å²) in [5, 5.41) is 0. The summed E-state index contributed by atoms with van der Waals surface area (Å²) >= 11 is 0. The van der Waals surface area contributed by atoms with E-state index in [1.807, 2.05) is 6.79 Å². The number of hydrogen-bond donors (Lipinski definition) is 3. The van der Waals surface area contributed by atoms with E-state index in [2.05, 4.69) is 15.0 Å². The summed E-state index contributed by atoms with van der Waals surface area (Å²) in [5.41, 5.74) is 15.4. The van der Waals surface area contributed by atoms with Crippen LogP contribution in [0.1, 0.15) is 0 Å². The fraction of sp³-hybridized carbons (Fsp3) is 0. The SMILES string of the molecule is C=O.Nc1nc(N)nc(N)n1.[Na+].[OH-]. The maximum Gasteiger partial charge on any atom is 1.00 e. The second-order valence-corrected chi connectivity index (χ2v) is 1.41. The minimum Gasteiger partial charge on any atom is -0.870 e. The average Bonchev–Trinajstić information content (AvgIpc) is 1.88. The minimum absolute atomic E-state index is 0. The molecular weight excluding hydrogens is 187 g/mol. The molecule has 0 amide bonds. The van der Waals surface area contributed by atoms with Gasteiger partial charge in [-0.25, -0.2) is 0 Å². The van der Waals surface area contributed by atoms with Crippen LogP contribution >= 0.6 is 0 Å². The van der Waals surface area contributed by atoms with Gasteiger partial charge in [0.1, 0.15) is 6.79 Å². The third-order valence-corrected chi connectivity index (χ3v) is 0.687. The van der Waals surface area contributed by atoms with Gasteiger partial charge in [0.05, 0.1) is 0 Å². The Bertz CT molecular complexity index is 196. The van der Waals surface area contributed by atoms with E-state index in [0.29, 0.717) is 0 Å². The Kier molecular flexibility index (Phi) is 12.6. The first-order chi connectivity index (χ1) is 5.18. The zero-order chi connectivity index (χ0) is 8.85. The Morgan fingerprint density at radius 2 is 1.00 bits per heavy atom. The summed E-state index contributed by atoms with van der Waals surface area (Å²) in [6.45, 7) is 2.00. The number of hydrogen-bond acceptors (Lipinski definition) is 8. The van der Waals surface area contributed by atoms with E-state index in [1.54, 1.807) is 0 Å². The topological polar surface area (TPSA) is 164 Å². The third-order valence-electron chi connectivity index (χ3n) is 0.687. The summed E-state index contributed by atoms with van der Waals surface area (Å²) < 4.78 is 0. The van der Waals surface area contributed by atoms with Crippen molar-refractivity contribution in [2.75, 3.05) is 17.2 Å². The number of carbonyl (C=O) groups excluding carboxylic acids is 1. The van der Waals surface area contributed by atoms with E-state index in [9.17, 15) is 0 Å². The zero-order valence-electron chi connectivity index (χ0n) is 7.14. The van der Waals surface area contributed by atoms with Crippen molar-refractivity contribution in [1.29, 1.82) is 0 Å². The van der Waals surface area contributed by atoms with Crippen LogP contribution < -0.4 is 46.8 Å². The number of carbonyl (C=O) groups is 1. The first-order valence-corrected chi connectivity index (χ1v) is 2.50. The van der Waals surface area contributed by atoms with Crippen LogP contribution in [0.3, 0.4) is 0 Å². The molecule has 8 nitrogen and oxygen atoms in total. The Hall–Kier alpha value is -0.960. The summed E-state index contributed by atoms with van der Waals surface area (Å²) in [6.07, 6.45) is 0. The second-order valence-electron chi connectivity index (χ2n) is 1.41. The van der Waals surface area contributed by atoms with Crippen molar-refractivity contribution >= 4 is 24.6 Å². The fourth-order valence-electron chi connectivity index (χ4n) is 0.427. The van der Waals surface area contributed by atoms with Crippen molar-refractivity contribution in [3.63, 3.8) is 0 Å². The number of nitrogens with two attached hydrogens (primary N) is 3. The molecule has 68 valence electrons. The van der Waals surface area contributed by atoms with Crippen LogP contribution in [-0.4, -0.2) is 27.2 Å². The van der Waals surface area contributed by atoms with Crippen molar-refractivity contribution < 1.29 is 39.8 Å². The Balaban J connectivity index is -0.000000234. The molecule has 1 heterocycles. The average molecular weight is 196 g/mol. The maximum atomic E-state index is 8.00. The first kappa shape index (κ1) is 18.0. The Labute approximate surface area is 96.5 Å². The van der Waals surface area contributed by atoms with Crippen molar-refractivity contribution in [1.82, 2.24) is 15.0 Å². The molecule has 1 aromatic heterocycles. The van der Waals surface area contributed by atoms with Crippen molar-refractivity contribution in [3.05, 3.63) is 0 Å². The zero-order valence-corrected chi connectivity index (χ0v) is 9.14. The molecule has 9 heteroatoms. The van der Waals surface area contributed by atoms with Crippen LogP contribution in [0.25, 0.3) is 0 Å². The molecule has 0 saturated heterocycles. The number of nitrogens with zero attached hydrogens (tertiary/aromatic N) is 3. The van der Waals surface area contributed by atoms with E-state index >= 15 is 0 Å². The Morgan fingerprint density at radius 1 is 0.846 bits per heavy atom. The van der Waals surface area contributed by atoms with Crippen molar-refractivity contribution in [3.8, 4) is 0 Å². The van der Waals surface area contributed by atoms with Crippen LogP contribution in [-0.2, 0) is 4.79 Å². The summed E-state index contributed by atoms with van der Waals surface area (Å²) in [6, 6.07) is 0. The van der Waals surface area contributed by atoms with E-state index in [1.165, 1.54) is 0 Å². The molecule has 0 spiro atoms. The van der Waals surface area contributed by atoms with Gasteiger partial charge in [0.15, 0.2) is 0 Å². The molecule has 0 aromatic carbocycles. The van der Waals surface area contributed by atoms with Gasteiger partial charge in [-0.2, -0.15) is 15.0 Å². The summed E-state index contributed by atoms with van der Waals surface area (Å²) in [5.74, 6) is 0.125. The van der Waals surface area contributed by atoms with Gasteiger partial charge in [-0.15, -0.1) is 0 Å². The van der Waals surface area contributed by atoms with Gasteiger partial charge in [-0.1, -0.05) is 0 Å². The molecule has 0 radical (unpaired) electrons. The predicted molar refractivity (Wildman–Crippen MR) is 42.1 cm³/mol. The molecule has 0 saturated carbocycles. The molecular formula is C4H9N6NaO2. The number of nitrogen functional groups attached to an aromatic ring is 3. The van der Waals surface area contributed by atoms with Gasteiger partial charge in [-0.05, 0) is 0 Å². The van der Waals surface area contributed by atoms with Crippen molar-refractivity contribution in [2.24, 2.45) is 0 Å². The van der Waals surface area contributed by atoms with E-state index in [-0.39, 0.29) is 52.9 Å². The fourth-order valence-corrected chi connectivity index (χ4v) is 0.427. The molecule has 1 aromatic rings. The van der Waals surface area contributed by atoms with Crippen LogP contribution in [0, 0.1) is 0 Å². The second kappa shape index (κ2) is 9.13. The largest absolute Gasteiger partial charge is 1.00 e. The van der Waals surface area contributed by atoms with Gasteiger partial charge >= 0.3 is 29.6 Å². The quantitative estimate of drug-likeness (QED) is 0.348. The molecule has 0 aliphatic carbocycles. The van der Waals surface area contributed by atoms with Gasteiger partial charge in [0.25, 0.3) is 0 Å². The van der Waals surface area contributed by atoms with Crippen LogP contribution in [0.5, 0.6) is 0 Å². The molecule has 0 bridgehead atoms. The van der Waals surface area contributed by atoms with E-state index in [4.69, 9.17) is 22.0 Å². The van der Waals surface area contributed by atoms with Gasteiger partial charge in [0.2, 0.25) is 17.8 Å². The monoisotopic (exact) mass is 196 g/mol. The molecule has 0 aliphatic heterocycles. The van der Waals surface area contributed by atoms with Gasteiger partial charge in [-0.3, -0.25) is 0 Å². The van der Waals surface area contributed by atoms with Crippen LogP contribution in [0.4, 0.5) is 17.8 Å². The Morgan fingerprint density at radius 3 is 1.15 bits per heavy atom. The van der Waals surface area contributed by atoms with E-state index in [0.717, 1.165) is 0 Å². The molecule has 1 rings (SSSR count). The molecule has 7 N–H and O–H groups in total. The minimum atomic E-state index is 0. The number of anilines is 3. The van der Waals surface area contributed by atoms with Gasteiger partial charge in [0, 0.05) is 0 Å². The third kappa shape index (κ3) is 7.40. The molecule has 0 atom stereocenters. The summed E-state index contributed by atoms with van der Waals surface area (Å²) in [7, 11) is 0. The smallest absolute Gasteiger partial charge is 0.870 e. The molecule has 0 aliphatic rings. The summed E-state index contributed by atoms with van der Waals surface area (Å²) in [4.78, 5) is 18.5. The van der Waals surface area contributed by atoms with E-state index < -0.39 is 0 Å². The predicted octanol–water partition coefficient (Wildman–Crippen LogP) is -4.74. The normalized spacial score (nSPS) is 6.77. The van der Waals surface area contributed by atoms with Gasteiger partial charge < -0.3 is 27.5 Å². The maximum absolute atomic E-state index is 8.00. The molecule has 0 unspecified atom stereocenters. The first-order valence-electron chi connectivity index (χ1n) is 2.50. The standard InChI is InChI=1S/C3H6N6.CH2O.Na.H2O/c4-1-7-2(5)9-3(6)8-1;1-2;;/h(H6,4,5,6,7,8,9);1H2;;1H2/q;;+1;/p-1. The molecule has 13 heavy (non-hydrogen) atoms. The number of rotatable bonds is 0. The van der Waals surface area contributed by atoms with Crippen LogP contribution in [0.2, 0.25) is 0 Å². The molecule has 0 fully saturated rings.